The van der Waals surface area contributed by atoms with Crippen LogP contribution >= 0.6 is 0 Å². The molecule has 0 aliphatic heterocycles. The Kier molecular flexibility index (Phi) is 4.51. The van der Waals surface area contributed by atoms with Crippen LogP contribution < -0.4 is 0 Å². The van der Waals surface area contributed by atoms with Gasteiger partial charge in [0.2, 0.25) is 0 Å². The highest BCUT2D eigenvalue weighted by Crippen LogP contribution is 2.41. The number of pyridine rings is 2. The maximum Gasteiger partial charge on any atom is 0.0992 e. The number of hydrogen-bond acceptors (Lipinski definition) is 4. The van der Waals surface area contributed by atoms with E-state index in [1.165, 1.54) is 0 Å². The Labute approximate surface area is 196 Å². The van der Waals surface area contributed by atoms with E-state index < -0.39 is 0 Å². The molecule has 0 unspecified atom stereocenters. The number of nitrogens with zero attached hydrogens (tertiary/aromatic N) is 4. The molecule has 0 aliphatic carbocycles. The van der Waals surface area contributed by atoms with Gasteiger partial charge in [-0.25, -0.2) is 0 Å². The van der Waals surface area contributed by atoms with Gasteiger partial charge in [0.05, 0.1) is 34.7 Å². The second-order valence-corrected chi connectivity index (χ2v) is 8.12. The quantitative estimate of drug-likeness (QED) is 0.276. The first kappa shape index (κ1) is 19.6. The summed E-state index contributed by atoms with van der Waals surface area (Å²) in [4.78, 5) is 9.17. The van der Waals surface area contributed by atoms with Crippen LogP contribution in [0.5, 0.6) is 0 Å². The summed E-state index contributed by atoms with van der Waals surface area (Å²) >= 11 is 0. The van der Waals surface area contributed by atoms with Crippen molar-refractivity contribution in [2.45, 2.75) is 0 Å². The maximum absolute atomic E-state index is 9.41. The first-order valence-electron chi connectivity index (χ1n) is 10.9. The summed E-state index contributed by atoms with van der Waals surface area (Å²) in [5.41, 5.74) is 4.68. The zero-order valence-corrected chi connectivity index (χ0v) is 18.0. The minimum absolute atomic E-state index is 0.581. The van der Waals surface area contributed by atoms with Crippen LogP contribution in [0.3, 0.4) is 0 Å². The van der Waals surface area contributed by atoms with Crippen LogP contribution in [0.2, 0.25) is 0 Å². The summed E-state index contributed by atoms with van der Waals surface area (Å²) in [7, 11) is 0. The zero-order chi connectivity index (χ0) is 23.1. The topological polar surface area (TPSA) is 73.4 Å². The van der Waals surface area contributed by atoms with E-state index >= 15 is 0 Å². The van der Waals surface area contributed by atoms with Crippen LogP contribution in [-0.2, 0) is 0 Å². The van der Waals surface area contributed by atoms with Crippen molar-refractivity contribution >= 4 is 32.3 Å². The van der Waals surface area contributed by atoms with Crippen LogP contribution in [0, 0.1) is 22.7 Å². The molecule has 0 aliphatic rings. The van der Waals surface area contributed by atoms with Crippen molar-refractivity contribution in [2.75, 3.05) is 0 Å². The summed E-state index contributed by atoms with van der Waals surface area (Å²) in [6.45, 7) is 0. The Bertz CT molecular complexity index is 1700. The molecule has 2 aromatic heterocycles. The van der Waals surface area contributed by atoms with Crippen LogP contribution in [0.15, 0.2) is 97.3 Å². The molecule has 6 rings (SSSR count). The molecule has 0 spiro atoms. The molecule has 0 fully saturated rings. The highest BCUT2D eigenvalue weighted by atomic mass is 14.7. The monoisotopic (exact) mass is 432 g/mol. The molecule has 0 bridgehead atoms. The average molecular weight is 432 g/mol. The average Bonchev–Trinajstić information content (AvgIpc) is 2.92. The smallest absolute Gasteiger partial charge is 0.0992 e. The lowest BCUT2D eigenvalue weighted by Crippen LogP contribution is -1.92. The van der Waals surface area contributed by atoms with Crippen LogP contribution in [0.1, 0.15) is 11.1 Å². The van der Waals surface area contributed by atoms with Gasteiger partial charge in [0, 0.05) is 23.5 Å². The van der Waals surface area contributed by atoms with Gasteiger partial charge in [-0.3, -0.25) is 9.97 Å². The summed E-state index contributed by atoms with van der Waals surface area (Å²) < 4.78 is 0. The number of nitriles is 2. The number of aromatic nitrogens is 2. The predicted octanol–water partition coefficient (Wildman–Crippen LogP) is 7.01. The Morgan fingerprint density at radius 3 is 1.29 bits per heavy atom. The second kappa shape index (κ2) is 7.81. The minimum atomic E-state index is 0.581. The van der Waals surface area contributed by atoms with Crippen LogP contribution in [-0.4, -0.2) is 9.97 Å². The van der Waals surface area contributed by atoms with E-state index in [1.807, 2.05) is 36.4 Å². The normalized spacial score (nSPS) is 10.9. The van der Waals surface area contributed by atoms with E-state index in [4.69, 9.17) is 0 Å². The SMILES string of the molecule is N#Cc1ccnc(-c2cc3c4ccccc4c(-c4cc(C#N)ccn4)cc3c3ccccc23)c1. The number of benzene rings is 4. The Balaban J connectivity index is 1.77. The fourth-order valence-corrected chi connectivity index (χ4v) is 4.67. The first-order chi connectivity index (χ1) is 16.8. The van der Waals surface area contributed by atoms with E-state index in [-0.39, 0.29) is 0 Å². The van der Waals surface area contributed by atoms with Gasteiger partial charge in [-0.2, -0.15) is 10.5 Å². The van der Waals surface area contributed by atoms with E-state index in [2.05, 4.69) is 58.5 Å². The van der Waals surface area contributed by atoms with E-state index in [0.29, 0.717) is 11.1 Å². The highest BCUT2D eigenvalue weighted by Gasteiger charge is 2.15. The molecule has 0 amide bonds. The van der Waals surface area contributed by atoms with Crippen molar-refractivity contribution in [3.8, 4) is 34.7 Å². The number of fused-ring (bicyclic) bond motifs is 5. The summed E-state index contributed by atoms with van der Waals surface area (Å²) in [6.07, 6.45) is 3.36. The van der Waals surface area contributed by atoms with Gasteiger partial charge in [-0.15, -0.1) is 0 Å². The zero-order valence-electron chi connectivity index (χ0n) is 18.0. The van der Waals surface area contributed by atoms with Gasteiger partial charge < -0.3 is 0 Å². The van der Waals surface area contributed by atoms with Crippen LogP contribution in [0.4, 0.5) is 0 Å². The third-order valence-corrected chi connectivity index (χ3v) is 6.21. The molecule has 6 aromatic rings. The molecule has 4 aromatic carbocycles. The van der Waals surface area contributed by atoms with Crippen molar-refractivity contribution in [2.24, 2.45) is 0 Å². The largest absolute Gasteiger partial charge is 0.256 e. The first-order valence-corrected chi connectivity index (χ1v) is 10.9. The van der Waals surface area contributed by atoms with Gasteiger partial charge >= 0.3 is 0 Å². The molecule has 2 heterocycles. The molecule has 0 N–H and O–H groups in total. The molecule has 4 nitrogen and oxygen atoms in total. The van der Waals surface area contributed by atoms with Crippen LogP contribution in [0.25, 0.3) is 54.8 Å². The van der Waals surface area contributed by atoms with Crippen molar-refractivity contribution in [3.05, 3.63) is 108 Å². The fraction of sp³-hybridized carbons (Fsp3) is 0. The Hall–Kier alpha value is -5.06. The molecule has 0 saturated heterocycles. The molecular formula is C30H16N4. The second-order valence-electron chi connectivity index (χ2n) is 8.12. The lowest BCUT2D eigenvalue weighted by atomic mass is 9.89. The number of hydrogen-bond donors (Lipinski definition) is 0. The lowest BCUT2D eigenvalue weighted by Gasteiger charge is -2.15. The summed E-state index contributed by atoms with van der Waals surface area (Å²) in [5.74, 6) is 0. The van der Waals surface area contributed by atoms with E-state index in [9.17, 15) is 10.5 Å². The van der Waals surface area contributed by atoms with Gasteiger partial charge in [0.15, 0.2) is 0 Å². The Morgan fingerprint density at radius 2 is 0.882 bits per heavy atom. The molecule has 4 heteroatoms. The highest BCUT2D eigenvalue weighted by molar-refractivity contribution is 6.23. The predicted molar refractivity (Wildman–Crippen MR) is 135 cm³/mol. The molecule has 34 heavy (non-hydrogen) atoms. The Morgan fingerprint density at radius 1 is 0.471 bits per heavy atom. The van der Waals surface area contributed by atoms with Gasteiger partial charge in [-0.05, 0) is 68.7 Å². The van der Waals surface area contributed by atoms with Gasteiger partial charge in [0.25, 0.3) is 0 Å². The molecule has 156 valence electrons. The maximum atomic E-state index is 9.41. The number of rotatable bonds is 2. The van der Waals surface area contributed by atoms with Crippen molar-refractivity contribution < 1.29 is 0 Å². The molecular weight excluding hydrogens is 416 g/mol. The third kappa shape index (κ3) is 3.06. The van der Waals surface area contributed by atoms with E-state index in [1.54, 1.807) is 24.5 Å². The third-order valence-electron chi connectivity index (χ3n) is 6.21. The van der Waals surface area contributed by atoms with Crippen molar-refractivity contribution in [3.63, 3.8) is 0 Å². The fourth-order valence-electron chi connectivity index (χ4n) is 4.67. The molecule has 0 radical (unpaired) electrons. The minimum Gasteiger partial charge on any atom is -0.256 e. The summed E-state index contributed by atoms with van der Waals surface area (Å²) in [6, 6.07) is 32.4. The lowest BCUT2D eigenvalue weighted by molar-refractivity contribution is 1.31. The molecule has 0 saturated carbocycles. The van der Waals surface area contributed by atoms with Gasteiger partial charge in [-0.1, -0.05) is 48.5 Å². The summed E-state index contributed by atoms with van der Waals surface area (Å²) in [5, 5.41) is 25.4. The van der Waals surface area contributed by atoms with Crippen molar-refractivity contribution in [1.29, 1.82) is 10.5 Å². The van der Waals surface area contributed by atoms with E-state index in [0.717, 1.165) is 54.8 Å². The molecule has 0 atom stereocenters. The van der Waals surface area contributed by atoms with Gasteiger partial charge in [0.1, 0.15) is 0 Å². The van der Waals surface area contributed by atoms with Crippen molar-refractivity contribution in [1.82, 2.24) is 9.97 Å². The standard InChI is InChI=1S/C30H16N4/c31-17-19-9-11-33-29(13-19)27-16-26-22-6-2-4-8-24(22)28(30-14-20(18-32)10-12-34-30)15-25(26)21-5-1-3-7-23(21)27/h1-16H.